The summed E-state index contributed by atoms with van der Waals surface area (Å²) in [4.78, 5) is 25.0. The van der Waals surface area contributed by atoms with E-state index in [1.807, 2.05) is 6.92 Å². The van der Waals surface area contributed by atoms with Crippen LogP contribution >= 0.6 is 11.8 Å². The number of benzene rings is 1. The molecule has 0 spiro atoms. The monoisotopic (exact) mass is 370 g/mol. The summed E-state index contributed by atoms with van der Waals surface area (Å²) < 4.78 is 15.6. The summed E-state index contributed by atoms with van der Waals surface area (Å²) in [6.45, 7) is 1.80. The van der Waals surface area contributed by atoms with Gasteiger partial charge in [0.15, 0.2) is 5.76 Å². The predicted molar refractivity (Wildman–Crippen MR) is 93.7 cm³/mol. The highest BCUT2D eigenvalue weighted by molar-refractivity contribution is 8.00. The fourth-order valence-electron chi connectivity index (χ4n) is 2.47. The molecule has 1 aromatic carbocycles. The van der Waals surface area contributed by atoms with Gasteiger partial charge in [0.05, 0.1) is 22.8 Å². The van der Waals surface area contributed by atoms with Gasteiger partial charge in [0.1, 0.15) is 12.3 Å². The third-order valence-corrected chi connectivity index (χ3v) is 5.00. The maximum absolute atomic E-state index is 12.3. The zero-order valence-electron chi connectivity index (χ0n) is 13.7. The van der Waals surface area contributed by atoms with E-state index in [0.29, 0.717) is 28.5 Å². The number of carbonyl (C=O) groups is 2. The molecule has 0 bridgehead atoms. The highest BCUT2D eigenvalue weighted by Crippen LogP contribution is 2.36. The lowest BCUT2D eigenvalue weighted by atomic mass is 10.2. The molecule has 0 saturated carbocycles. The first kappa shape index (κ1) is 16.5. The minimum Gasteiger partial charge on any atom is -0.461 e. The van der Waals surface area contributed by atoms with E-state index in [0.717, 1.165) is 4.90 Å². The van der Waals surface area contributed by atoms with Crippen molar-refractivity contribution in [1.29, 1.82) is 0 Å². The van der Waals surface area contributed by atoms with Gasteiger partial charge in [0.25, 0.3) is 0 Å². The smallest absolute Gasteiger partial charge is 0.338 e. The van der Waals surface area contributed by atoms with Crippen LogP contribution in [0.2, 0.25) is 0 Å². The van der Waals surface area contributed by atoms with Gasteiger partial charge < -0.3 is 19.0 Å². The van der Waals surface area contributed by atoms with Crippen LogP contribution in [0.3, 0.4) is 0 Å². The molecule has 1 aliphatic heterocycles. The molecule has 1 aliphatic rings. The maximum atomic E-state index is 12.3. The Morgan fingerprint density at radius 3 is 3.00 bits per heavy atom. The molecular weight excluding hydrogens is 356 g/mol. The van der Waals surface area contributed by atoms with E-state index in [-0.39, 0.29) is 17.8 Å². The van der Waals surface area contributed by atoms with E-state index < -0.39 is 5.97 Å². The van der Waals surface area contributed by atoms with Crippen molar-refractivity contribution in [2.45, 2.75) is 23.7 Å². The van der Waals surface area contributed by atoms with Crippen LogP contribution in [0.5, 0.6) is 0 Å². The molecule has 8 heteroatoms. The van der Waals surface area contributed by atoms with Crippen LogP contribution in [0, 0.1) is 0 Å². The van der Waals surface area contributed by atoms with Crippen LogP contribution in [0.1, 0.15) is 23.0 Å². The average molecular weight is 370 g/mol. The molecule has 3 heterocycles. The Morgan fingerprint density at radius 2 is 2.19 bits per heavy atom. The third kappa shape index (κ3) is 3.23. The molecule has 3 aromatic rings. The first-order chi connectivity index (χ1) is 12.6. The van der Waals surface area contributed by atoms with Crippen molar-refractivity contribution >= 4 is 29.3 Å². The van der Waals surface area contributed by atoms with Crippen LogP contribution in [0.15, 0.2) is 56.5 Å². The molecule has 2 aromatic heterocycles. The first-order valence-corrected chi connectivity index (χ1v) is 8.76. The Hall–Kier alpha value is -3.00. The number of amides is 1. The third-order valence-electron chi connectivity index (χ3n) is 3.82. The molecule has 0 radical (unpaired) electrons. The van der Waals surface area contributed by atoms with Crippen LogP contribution in [-0.2, 0) is 16.1 Å². The molecule has 1 atom stereocenters. The van der Waals surface area contributed by atoms with Crippen LogP contribution in [0.25, 0.3) is 11.5 Å². The summed E-state index contributed by atoms with van der Waals surface area (Å²) in [7, 11) is 0. The van der Waals surface area contributed by atoms with Gasteiger partial charge in [-0.05, 0) is 37.3 Å². The second kappa shape index (κ2) is 6.72. The number of hydrogen-bond donors (Lipinski definition) is 1. The van der Waals surface area contributed by atoms with Gasteiger partial charge >= 0.3 is 5.97 Å². The van der Waals surface area contributed by atoms with Crippen molar-refractivity contribution in [2.24, 2.45) is 0 Å². The first-order valence-electron chi connectivity index (χ1n) is 7.88. The quantitative estimate of drug-likeness (QED) is 0.699. The lowest BCUT2D eigenvalue weighted by Crippen LogP contribution is -2.26. The van der Waals surface area contributed by atoms with Gasteiger partial charge in [-0.15, -0.1) is 11.8 Å². The molecule has 0 aliphatic carbocycles. The van der Waals surface area contributed by atoms with Gasteiger partial charge in [-0.25, -0.2) is 4.79 Å². The Labute approximate surface area is 152 Å². The number of nitrogens with zero attached hydrogens (tertiary/aromatic N) is 1. The van der Waals surface area contributed by atoms with E-state index in [1.165, 1.54) is 18.0 Å². The summed E-state index contributed by atoms with van der Waals surface area (Å²) in [5.74, 6) is 0.421. The van der Waals surface area contributed by atoms with Gasteiger partial charge in [-0.3, -0.25) is 4.79 Å². The van der Waals surface area contributed by atoms with Crippen molar-refractivity contribution in [3.63, 3.8) is 0 Å². The second-order valence-corrected chi connectivity index (χ2v) is 7.08. The lowest BCUT2D eigenvalue weighted by Gasteiger charge is -2.21. The van der Waals surface area contributed by atoms with Crippen molar-refractivity contribution in [2.75, 3.05) is 5.32 Å². The van der Waals surface area contributed by atoms with E-state index in [9.17, 15) is 9.59 Å². The van der Waals surface area contributed by atoms with Crippen molar-refractivity contribution in [1.82, 2.24) is 5.16 Å². The Balaban J connectivity index is 1.43. The standard InChI is InChI=1S/C18H14N2O5S/c1-10-17(21)19-13-7-11(4-5-16(13)26-10)18(22)24-9-12-8-15(25-20-12)14-3-2-6-23-14/h2-8,10H,9H2,1H3,(H,19,21)/t10-/m0/s1. The number of hydrogen-bond acceptors (Lipinski definition) is 7. The zero-order valence-corrected chi connectivity index (χ0v) is 14.5. The van der Waals surface area contributed by atoms with E-state index in [1.54, 1.807) is 36.4 Å². The summed E-state index contributed by atoms with van der Waals surface area (Å²) in [6, 6.07) is 10.2. The molecule has 0 saturated heterocycles. The fraction of sp³-hybridized carbons (Fsp3) is 0.167. The highest BCUT2D eigenvalue weighted by Gasteiger charge is 2.24. The van der Waals surface area contributed by atoms with E-state index in [2.05, 4.69) is 10.5 Å². The highest BCUT2D eigenvalue weighted by atomic mass is 32.2. The van der Waals surface area contributed by atoms with Gasteiger partial charge in [-0.2, -0.15) is 0 Å². The Bertz CT molecular complexity index is 964. The Kier molecular flexibility index (Phi) is 4.26. The number of thioether (sulfide) groups is 1. The second-order valence-electron chi connectivity index (χ2n) is 5.70. The average Bonchev–Trinajstić information content (AvgIpc) is 3.31. The lowest BCUT2D eigenvalue weighted by molar-refractivity contribution is -0.115. The minimum atomic E-state index is -0.506. The topological polar surface area (TPSA) is 94.6 Å². The largest absolute Gasteiger partial charge is 0.461 e. The minimum absolute atomic E-state index is 0.0295. The number of aromatic nitrogens is 1. The summed E-state index contributed by atoms with van der Waals surface area (Å²) in [6.07, 6.45) is 1.53. The normalized spacial score (nSPS) is 16.0. The number of ether oxygens (including phenoxy) is 1. The molecule has 132 valence electrons. The Morgan fingerprint density at radius 1 is 1.31 bits per heavy atom. The van der Waals surface area contributed by atoms with Crippen LogP contribution < -0.4 is 5.32 Å². The van der Waals surface area contributed by atoms with Crippen LogP contribution in [-0.4, -0.2) is 22.3 Å². The number of anilines is 1. The van der Waals surface area contributed by atoms with Crippen molar-refractivity contribution in [3.8, 4) is 11.5 Å². The molecule has 7 nitrogen and oxygen atoms in total. The predicted octanol–water partition coefficient (Wildman–Crippen LogP) is 3.72. The van der Waals surface area contributed by atoms with E-state index >= 15 is 0 Å². The van der Waals surface area contributed by atoms with E-state index in [4.69, 9.17) is 13.7 Å². The summed E-state index contributed by atoms with van der Waals surface area (Å²) in [5.41, 5.74) is 1.45. The molecular formula is C18H14N2O5S. The molecule has 26 heavy (non-hydrogen) atoms. The number of nitrogens with one attached hydrogen (secondary N) is 1. The number of rotatable bonds is 4. The molecule has 1 N–H and O–H groups in total. The van der Waals surface area contributed by atoms with Gasteiger partial charge in [0, 0.05) is 11.0 Å². The van der Waals surface area contributed by atoms with Gasteiger partial charge in [-0.1, -0.05) is 5.16 Å². The maximum Gasteiger partial charge on any atom is 0.338 e. The number of esters is 1. The van der Waals surface area contributed by atoms with Crippen molar-refractivity contribution in [3.05, 3.63) is 53.9 Å². The number of fused-ring (bicyclic) bond motifs is 1. The zero-order chi connectivity index (χ0) is 18.1. The number of carbonyl (C=O) groups excluding carboxylic acids is 2. The number of furan rings is 1. The molecule has 0 unspecified atom stereocenters. The summed E-state index contributed by atoms with van der Waals surface area (Å²) in [5, 5.41) is 6.49. The molecule has 1 amide bonds. The fourth-order valence-corrected chi connectivity index (χ4v) is 3.40. The molecule has 0 fully saturated rings. The summed E-state index contributed by atoms with van der Waals surface area (Å²) >= 11 is 1.46. The van der Waals surface area contributed by atoms with Crippen molar-refractivity contribution < 1.29 is 23.3 Å². The SMILES string of the molecule is C[C@@H]1Sc2ccc(C(=O)OCc3cc(-c4ccco4)on3)cc2NC1=O. The van der Waals surface area contributed by atoms with Crippen LogP contribution in [0.4, 0.5) is 5.69 Å². The van der Waals surface area contributed by atoms with Gasteiger partial charge in [0.2, 0.25) is 11.7 Å². The molecule has 4 rings (SSSR count).